The zero-order valence-electron chi connectivity index (χ0n) is 24.4. The predicted octanol–water partition coefficient (Wildman–Crippen LogP) is 8.11. The summed E-state index contributed by atoms with van der Waals surface area (Å²) in [4.78, 5) is 16.3. The molecule has 3 N–H and O–H groups in total. The SMILES string of the molecule is C=C(Nc1ccc(NC(=O)NCCC(C)(C)F)cc1)c1c(F)cc(OCCC2COC2)cc1N=CC.CCCC. The van der Waals surface area contributed by atoms with Crippen LogP contribution in [0, 0.1) is 11.7 Å². The Balaban J connectivity index is 0.00000131. The zero-order valence-corrected chi connectivity index (χ0v) is 24.4. The summed E-state index contributed by atoms with van der Waals surface area (Å²) >= 11 is 0. The van der Waals surface area contributed by atoms with Crippen LogP contribution < -0.4 is 20.7 Å². The number of halogens is 2. The number of aliphatic imine (C=N–C) groups is 1. The molecule has 1 aliphatic rings. The first-order valence-electron chi connectivity index (χ1n) is 13.9. The molecule has 9 heteroatoms. The number of anilines is 2. The van der Waals surface area contributed by atoms with E-state index in [1.165, 1.54) is 32.8 Å². The number of hydrogen-bond acceptors (Lipinski definition) is 5. The van der Waals surface area contributed by atoms with Gasteiger partial charge in [-0.25, -0.2) is 13.6 Å². The lowest BCUT2D eigenvalue weighted by molar-refractivity contribution is -0.0401. The molecule has 1 aliphatic heterocycles. The summed E-state index contributed by atoms with van der Waals surface area (Å²) in [7, 11) is 0. The molecular weight excluding hydrogens is 514 g/mol. The minimum atomic E-state index is -1.34. The van der Waals surface area contributed by atoms with Gasteiger partial charge in [-0.15, -0.1) is 0 Å². The quantitative estimate of drug-likeness (QED) is 0.217. The Bertz CT molecular complexity index is 1110. The molecule has 1 fully saturated rings. The molecule has 3 rings (SSSR count). The normalized spacial score (nSPS) is 13.2. The van der Waals surface area contributed by atoms with E-state index in [-0.39, 0.29) is 18.5 Å². The first-order valence-corrected chi connectivity index (χ1v) is 13.9. The smallest absolute Gasteiger partial charge is 0.319 e. The van der Waals surface area contributed by atoms with Crippen LogP contribution in [0.25, 0.3) is 5.70 Å². The van der Waals surface area contributed by atoms with Crippen LogP contribution in [-0.4, -0.2) is 44.3 Å². The van der Waals surface area contributed by atoms with Gasteiger partial charge in [0.25, 0.3) is 0 Å². The first-order chi connectivity index (χ1) is 19.1. The van der Waals surface area contributed by atoms with E-state index in [0.717, 1.165) is 19.6 Å². The van der Waals surface area contributed by atoms with E-state index in [9.17, 15) is 9.18 Å². The maximum atomic E-state index is 15.1. The van der Waals surface area contributed by atoms with Crippen molar-refractivity contribution in [2.45, 2.75) is 66.0 Å². The van der Waals surface area contributed by atoms with Crippen LogP contribution in [0.4, 0.5) is 30.6 Å². The van der Waals surface area contributed by atoms with Crippen molar-refractivity contribution >= 4 is 35.0 Å². The van der Waals surface area contributed by atoms with Gasteiger partial charge in [-0.2, -0.15) is 0 Å². The van der Waals surface area contributed by atoms with Crippen molar-refractivity contribution in [2.75, 3.05) is 37.0 Å². The molecule has 0 unspecified atom stereocenters. The number of carbonyl (C=O) groups is 1. The van der Waals surface area contributed by atoms with Gasteiger partial charge in [0.2, 0.25) is 0 Å². The van der Waals surface area contributed by atoms with Crippen molar-refractivity contribution < 1.29 is 23.0 Å². The second-order valence-electron chi connectivity index (χ2n) is 10.3. The number of hydrogen-bond donors (Lipinski definition) is 3. The molecule has 2 aromatic carbocycles. The van der Waals surface area contributed by atoms with Crippen molar-refractivity contribution in [3.05, 3.63) is 54.4 Å². The number of amides is 2. The molecule has 0 spiro atoms. The maximum Gasteiger partial charge on any atom is 0.319 e. The highest BCUT2D eigenvalue weighted by Crippen LogP contribution is 2.34. The summed E-state index contributed by atoms with van der Waals surface area (Å²) in [5.41, 5.74) is 0.843. The predicted molar refractivity (Wildman–Crippen MR) is 161 cm³/mol. The van der Waals surface area contributed by atoms with Gasteiger partial charge in [0, 0.05) is 47.9 Å². The van der Waals surface area contributed by atoms with Crippen LogP contribution in [0.15, 0.2) is 48.0 Å². The Kier molecular flexibility index (Phi) is 13.6. The largest absolute Gasteiger partial charge is 0.493 e. The fourth-order valence-electron chi connectivity index (χ4n) is 3.51. The van der Waals surface area contributed by atoms with Crippen LogP contribution in [0.3, 0.4) is 0 Å². The van der Waals surface area contributed by atoms with Gasteiger partial charge < -0.3 is 25.4 Å². The van der Waals surface area contributed by atoms with Gasteiger partial charge in [0.05, 0.1) is 31.1 Å². The van der Waals surface area contributed by atoms with Crippen molar-refractivity contribution in [3.63, 3.8) is 0 Å². The third-order valence-electron chi connectivity index (χ3n) is 6.06. The minimum Gasteiger partial charge on any atom is -0.493 e. The zero-order chi connectivity index (χ0) is 29.5. The third-order valence-corrected chi connectivity index (χ3v) is 6.06. The summed E-state index contributed by atoms with van der Waals surface area (Å²) in [6, 6.07) is 9.46. The Labute approximate surface area is 237 Å². The van der Waals surface area contributed by atoms with Gasteiger partial charge in [0.1, 0.15) is 17.2 Å². The summed E-state index contributed by atoms with van der Waals surface area (Å²) in [5.74, 6) is 0.411. The molecule has 220 valence electrons. The number of unbranched alkanes of at least 4 members (excludes halogenated alkanes) is 1. The number of benzene rings is 2. The van der Waals surface area contributed by atoms with Gasteiger partial charge >= 0.3 is 6.03 Å². The molecule has 2 amide bonds. The van der Waals surface area contributed by atoms with Crippen LogP contribution in [0.5, 0.6) is 5.75 Å². The highest BCUT2D eigenvalue weighted by atomic mass is 19.1. The topological polar surface area (TPSA) is 84.0 Å². The van der Waals surface area contributed by atoms with E-state index in [0.29, 0.717) is 41.0 Å². The Hall–Kier alpha value is -3.46. The Morgan fingerprint density at radius 3 is 2.30 bits per heavy atom. The molecule has 7 nitrogen and oxygen atoms in total. The number of alkyl halides is 1. The second kappa shape index (κ2) is 16.6. The van der Waals surface area contributed by atoms with Crippen molar-refractivity contribution in [2.24, 2.45) is 10.9 Å². The van der Waals surface area contributed by atoms with E-state index < -0.39 is 17.5 Å². The van der Waals surface area contributed by atoms with E-state index in [2.05, 4.69) is 41.4 Å². The molecule has 0 saturated carbocycles. The van der Waals surface area contributed by atoms with Crippen LogP contribution in [-0.2, 0) is 4.74 Å². The van der Waals surface area contributed by atoms with Gasteiger partial charge in [-0.1, -0.05) is 33.3 Å². The van der Waals surface area contributed by atoms with Crippen molar-refractivity contribution in [1.29, 1.82) is 0 Å². The lowest BCUT2D eigenvalue weighted by Crippen LogP contribution is -2.32. The van der Waals surface area contributed by atoms with E-state index in [4.69, 9.17) is 9.47 Å². The highest BCUT2D eigenvalue weighted by molar-refractivity contribution is 5.90. The second-order valence-corrected chi connectivity index (χ2v) is 10.3. The van der Waals surface area contributed by atoms with Gasteiger partial charge in [-0.3, -0.25) is 4.99 Å². The van der Waals surface area contributed by atoms with E-state index >= 15 is 4.39 Å². The molecule has 0 bridgehead atoms. The van der Waals surface area contributed by atoms with Crippen LogP contribution in [0.2, 0.25) is 0 Å². The number of carbonyl (C=O) groups excluding carboxylic acids is 1. The lowest BCUT2D eigenvalue weighted by Gasteiger charge is -2.25. The summed E-state index contributed by atoms with van der Waals surface area (Å²) in [6.45, 7) is 15.2. The number of ether oxygens (including phenoxy) is 2. The summed E-state index contributed by atoms with van der Waals surface area (Å²) in [6.07, 6.45) is 5.29. The fraction of sp³-hybridized carbons (Fsp3) is 0.484. The highest BCUT2D eigenvalue weighted by Gasteiger charge is 2.19. The molecule has 0 radical (unpaired) electrons. The monoisotopic (exact) mass is 558 g/mol. The van der Waals surface area contributed by atoms with Crippen LogP contribution >= 0.6 is 0 Å². The number of rotatable bonds is 13. The number of urea groups is 1. The standard InChI is InChI=1S/C27H34F2N4O3.C4H10/c1-5-30-24-15-22(36-13-10-19-16-35-17-19)14-23(28)25(24)18(2)32-20-6-8-21(9-7-20)33-26(34)31-12-11-27(3,4)29;1-3-4-2/h5-9,14-15,19,32H,2,10-13,16-17H2,1,3-4H3,(H2,31,33,34);3-4H2,1-2H3. The molecule has 0 aliphatic carbocycles. The van der Waals surface area contributed by atoms with E-state index in [1.54, 1.807) is 43.5 Å². The van der Waals surface area contributed by atoms with Gasteiger partial charge in [0.15, 0.2) is 0 Å². The molecule has 40 heavy (non-hydrogen) atoms. The molecule has 2 aromatic rings. The van der Waals surface area contributed by atoms with E-state index in [1.807, 2.05) is 0 Å². The summed E-state index contributed by atoms with van der Waals surface area (Å²) in [5, 5.41) is 8.40. The fourth-order valence-corrected chi connectivity index (χ4v) is 3.51. The Morgan fingerprint density at radius 2 is 1.77 bits per heavy atom. The lowest BCUT2D eigenvalue weighted by atomic mass is 10.1. The first kappa shape index (κ1) is 32.8. The molecule has 0 atom stereocenters. The summed E-state index contributed by atoms with van der Waals surface area (Å²) < 4.78 is 39.5. The molecular formula is C31H44F2N4O3. The maximum absolute atomic E-state index is 15.1. The number of nitrogens with one attached hydrogen (secondary N) is 3. The minimum absolute atomic E-state index is 0.217. The Morgan fingerprint density at radius 1 is 1.15 bits per heavy atom. The average molecular weight is 559 g/mol. The van der Waals surface area contributed by atoms with Crippen molar-refractivity contribution in [1.82, 2.24) is 5.32 Å². The molecule has 1 heterocycles. The van der Waals surface area contributed by atoms with Crippen LogP contribution in [0.1, 0.15) is 65.9 Å². The van der Waals surface area contributed by atoms with Crippen molar-refractivity contribution in [3.8, 4) is 5.75 Å². The molecule has 1 saturated heterocycles. The van der Waals surface area contributed by atoms with Gasteiger partial charge in [-0.05, 0) is 57.9 Å². The third kappa shape index (κ3) is 11.7. The average Bonchev–Trinajstić information content (AvgIpc) is 2.86. The number of nitrogens with zero attached hydrogens (tertiary/aromatic N) is 1. The molecule has 0 aromatic heterocycles.